The smallest absolute Gasteiger partial charge is 0.109 e. The molecular formula is C14H15ClN2O. The second kappa shape index (κ2) is 4.75. The normalized spacial score (nSPS) is 18.7. The zero-order valence-corrected chi connectivity index (χ0v) is 10.8. The van der Waals surface area contributed by atoms with E-state index in [-0.39, 0.29) is 6.61 Å². The van der Waals surface area contributed by atoms with Crippen molar-refractivity contribution in [2.75, 3.05) is 6.61 Å². The molecule has 1 unspecified atom stereocenters. The molecule has 0 aliphatic carbocycles. The fourth-order valence-corrected chi connectivity index (χ4v) is 2.63. The fourth-order valence-electron chi connectivity index (χ4n) is 2.44. The molecule has 1 aliphatic heterocycles. The van der Waals surface area contributed by atoms with Crippen LogP contribution in [0.25, 0.3) is 11.3 Å². The van der Waals surface area contributed by atoms with Crippen LogP contribution < -0.4 is 0 Å². The van der Waals surface area contributed by atoms with Gasteiger partial charge in [-0.05, 0) is 24.5 Å². The number of fused-ring (bicyclic) bond motifs is 1. The van der Waals surface area contributed by atoms with Gasteiger partial charge in [0.15, 0.2) is 0 Å². The minimum Gasteiger partial charge on any atom is -0.396 e. The van der Waals surface area contributed by atoms with Crippen molar-refractivity contribution in [2.24, 2.45) is 5.92 Å². The summed E-state index contributed by atoms with van der Waals surface area (Å²) >= 11 is 6.00. The van der Waals surface area contributed by atoms with Crippen molar-refractivity contribution in [3.8, 4) is 11.3 Å². The summed E-state index contributed by atoms with van der Waals surface area (Å²) < 4.78 is 2.18. The van der Waals surface area contributed by atoms with Crippen LogP contribution in [0.1, 0.15) is 12.2 Å². The average Bonchev–Trinajstić information content (AvgIpc) is 2.81. The summed E-state index contributed by atoms with van der Waals surface area (Å²) in [5.41, 5.74) is 2.01. The second-order valence-electron chi connectivity index (χ2n) is 4.79. The van der Waals surface area contributed by atoms with Crippen LogP contribution in [0.4, 0.5) is 0 Å². The number of halogens is 1. The highest BCUT2D eigenvalue weighted by Gasteiger charge is 2.20. The fraction of sp³-hybridized carbons (Fsp3) is 0.357. The molecule has 0 bridgehead atoms. The van der Waals surface area contributed by atoms with E-state index in [9.17, 15) is 5.11 Å². The van der Waals surface area contributed by atoms with Gasteiger partial charge in [0, 0.05) is 36.4 Å². The van der Waals surface area contributed by atoms with Gasteiger partial charge in [0.05, 0.1) is 5.69 Å². The quantitative estimate of drug-likeness (QED) is 0.904. The van der Waals surface area contributed by atoms with E-state index in [0.29, 0.717) is 5.92 Å². The number of aromatic nitrogens is 2. The SMILES string of the molecule is OCC1CCn2cc(-c3cccc(Cl)c3)nc2C1. The number of benzene rings is 1. The summed E-state index contributed by atoms with van der Waals surface area (Å²) in [6, 6.07) is 7.75. The maximum Gasteiger partial charge on any atom is 0.109 e. The molecule has 18 heavy (non-hydrogen) atoms. The summed E-state index contributed by atoms with van der Waals surface area (Å²) in [5, 5.41) is 9.95. The maximum absolute atomic E-state index is 9.22. The molecule has 0 saturated heterocycles. The predicted molar refractivity (Wildman–Crippen MR) is 71.6 cm³/mol. The van der Waals surface area contributed by atoms with E-state index in [0.717, 1.165) is 41.5 Å². The number of hydrogen-bond acceptors (Lipinski definition) is 2. The molecule has 2 aromatic rings. The molecule has 94 valence electrons. The Kier molecular flexibility index (Phi) is 3.10. The Morgan fingerprint density at radius 3 is 3.11 bits per heavy atom. The van der Waals surface area contributed by atoms with E-state index in [1.165, 1.54) is 0 Å². The topological polar surface area (TPSA) is 38.0 Å². The highest BCUT2D eigenvalue weighted by atomic mass is 35.5. The van der Waals surface area contributed by atoms with Crippen molar-refractivity contribution in [1.29, 1.82) is 0 Å². The summed E-state index contributed by atoms with van der Waals surface area (Å²) in [6.45, 7) is 1.19. The number of imidazole rings is 1. The summed E-state index contributed by atoms with van der Waals surface area (Å²) in [7, 11) is 0. The highest BCUT2D eigenvalue weighted by molar-refractivity contribution is 6.30. The Morgan fingerprint density at radius 2 is 2.33 bits per heavy atom. The van der Waals surface area contributed by atoms with Crippen molar-refractivity contribution in [3.05, 3.63) is 41.3 Å². The Morgan fingerprint density at radius 1 is 1.44 bits per heavy atom. The molecule has 1 N–H and O–H groups in total. The van der Waals surface area contributed by atoms with Gasteiger partial charge in [-0.2, -0.15) is 0 Å². The second-order valence-corrected chi connectivity index (χ2v) is 5.22. The summed E-state index contributed by atoms with van der Waals surface area (Å²) in [5.74, 6) is 1.42. The third kappa shape index (κ3) is 2.16. The monoisotopic (exact) mass is 262 g/mol. The number of hydrogen-bond donors (Lipinski definition) is 1. The van der Waals surface area contributed by atoms with Gasteiger partial charge in [0.25, 0.3) is 0 Å². The highest BCUT2D eigenvalue weighted by Crippen LogP contribution is 2.26. The zero-order valence-electron chi connectivity index (χ0n) is 10.0. The van der Waals surface area contributed by atoms with E-state index in [1.54, 1.807) is 0 Å². The van der Waals surface area contributed by atoms with Crippen LogP contribution >= 0.6 is 11.6 Å². The molecule has 0 amide bonds. The van der Waals surface area contributed by atoms with E-state index >= 15 is 0 Å². The first-order valence-corrected chi connectivity index (χ1v) is 6.57. The van der Waals surface area contributed by atoms with Crippen molar-refractivity contribution >= 4 is 11.6 Å². The Hall–Kier alpha value is -1.32. The number of aliphatic hydroxyl groups excluding tert-OH is 1. The molecule has 3 rings (SSSR count). The number of rotatable bonds is 2. The molecule has 0 radical (unpaired) electrons. The molecule has 3 nitrogen and oxygen atoms in total. The Balaban J connectivity index is 1.94. The molecule has 1 aromatic heterocycles. The third-order valence-electron chi connectivity index (χ3n) is 3.49. The molecule has 4 heteroatoms. The van der Waals surface area contributed by atoms with Gasteiger partial charge >= 0.3 is 0 Å². The lowest BCUT2D eigenvalue weighted by molar-refractivity contribution is 0.199. The van der Waals surface area contributed by atoms with Crippen LogP contribution in [0.3, 0.4) is 0 Å². The molecule has 1 atom stereocenters. The Bertz CT molecular complexity index is 565. The van der Waals surface area contributed by atoms with Gasteiger partial charge in [0.2, 0.25) is 0 Å². The maximum atomic E-state index is 9.22. The van der Waals surface area contributed by atoms with Gasteiger partial charge in [-0.1, -0.05) is 23.7 Å². The van der Waals surface area contributed by atoms with Crippen molar-refractivity contribution in [3.63, 3.8) is 0 Å². The van der Waals surface area contributed by atoms with Crippen LogP contribution in [0.5, 0.6) is 0 Å². The van der Waals surface area contributed by atoms with Gasteiger partial charge in [-0.3, -0.25) is 0 Å². The summed E-state index contributed by atoms with van der Waals surface area (Å²) in [6.07, 6.45) is 3.96. The van der Waals surface area contributed by atoms with E-state index in [2.05, 4.69) is 15.7 Å². The van der Waals surface area contributed by atoms with E-state index in [4.69, 9.17) is 11.6 Å². The largest absolute Gasteiger partial charge is 0.396 e. The molecule has 1 aliphatic rings. The first-order chi connectivity index (χ1) is 8.76. The zero-order chi connectivity index (χ0) is 12.5. The number of aliphatic hydroxyl groups is 1. The molecule has 0 spiro atoms. The standard InChI is InChI=1S/C14H15ClN2O/c15-12-3-1-2-11(7-12)13-8-17-5-4-10(9-18)6-14(17)16-13/h1-3,7-8,10,18H,4-6,9H2. The lowest BCUT2D eigenvalue weighted by Crippen LogP contribution is -2.21. The third-order valence-corrected chi connectivity index (χ3v) is 3.72. The predicted octanol–water partition coefficient (Wildman–Crippen LogP) is 2.76. The van der Waals surface area contributed by atoms with E-state index < -0.39 is 0 Å². The van der Waals surface area contributed by atoms with Crippen molar-refractivity contribution in [2.45, 2.75) is 19.4 Å². The molecular weight excluding hydrogens is 248 g/mol. The van der Waals surface area contributed by atoms with Gasteiger partial charge < -0.3 is 9.67 Å². The lowest BCUT2D eigenvalue weighted by atomic mass is 9.99. The molecule has 1 aromatic carbocycles. The van der Waals surface area contributed by atoms with Crippen LogP contribution in [-0.2, 0) is 13.0 Å². The van der Waals surface area contributed by atoms with Crippen LogP contribution in [0, 0.1) is 5.92 Å². The molecule has 2 heterocycles. The van der Waals surface area contributed by atoms with Crippen LogP contribution in [-0.4, -0.2) is 21.3 Å². The number of nitrogens with zero attached hydrogens (tertiary/aromatic N) is 2. The lowest BCUT2D eigenvalue weighted by Gasteiger charge is -2.20. The average molecular weight is 263 g/mol. The van der Waals surface area contributed by atoms with Crippen molar-refractivity contribution < 1.29 is 5.11 Å². The van der Waals surface area contributed by atoms with Crippen molar-refractivity contribution in [1.82, 2.24) is 9.55 Å². The molecule has 0 fully saturated rings. The minimum absolute atomic E-state index is 0.249. The molecule has 0 saturated carbocycles. The first-order valence-electron chi connectivity index (χ1n) is 6.19. The van der Waals surface area contributed by atoms with Gasteiger partial charge in [-0.25, -0.2) is 4.98 Å². The number of aryl methyl sites for hydroxylation is 1. The Labute approximate surface area is 111 Å². The van der Waals surface area contributed by atoms with Crippen LogP contribution in [0.2, 0.25) is 5.02 Å². The van der Waals surface area contributed by atoms with Gasteiger partial charge in [-0.15, -0.1) is 0 Å². The van der Waals surface area contributed by atoms with Crippen LogP contribution in [0.15, 0.2) is 30.5 Å². The first kappa shape index (κ1) is 11.8. The van der Waals surface area contributed by atoms with E-state index in [1.807, 2.05) is 24.3 Å². The summed E-state index contributed by atoms with van der Waals surface area (Å²) in [4.78, 5) is 4.65. The van der Waals surface area contributed by atoms with Gasteiger partial charge in [0.1, 0.15) is 5.82 Å². The minimum atomic E-state index is 0.249.